The first-order valence-corrected chi connectivity index (χ1v) is 42.5. The average molecular weight is 1590 g/mol. The fourth-order valence-corrected chi connectivity index (χ4v) is 20.4. The highest BCUT2D eigenvalue weighted by atomic mass is 15.1. The van der Waals surface area contributed by atoms with Gasteiger partial charge in [-0.1, -0.05) is 240 Å². The first kappa shape index (κ1) is 70.9. The van der Waals surface area contributed by atoms with Crippen molar-refractivity contribution >= 4 is 87.2 Å². The molecule has 17 aromatic carbocycles. The molecule has 2 aliphatic carbocycles. The Kier molecular flexibility index (Phi) is 15.6. The van der Waals surface area contributed by atoms with Gasteiger partial charge in [0.1, 0.15) is 0 Å². The second-order valence-corrected chi connectivity index (χ2v) is 34.2. The fraction of sp³-hybridized carbons (Fsp3) is 0.0526. The van der Waals surface area contributed by atoms with Crippen molar-refractivity contribution in [1.82, 2.24) is 48.2 Å². The summed E-state index contributed by atoms with van der Waals surface area (Å²) in [6, 6.07) is 141. The van der Waals surface area contributed by atoms with Gasteiger partial charge in [0.2, 0.25) is 0 Å². The van der Waals surface area contributed by atoms with E-state index in [0.717, 1.165) is 111 Å². The van der Waals surface area contributed by atoms with E-state index in [1.165, 1.54) is 98.7 Å². The molecule has 0 spiro atoms. The zero-order chi connectivity index (χ0) is 82.2. The van der Waals surface area contributed by atoms with Crippen LogP contribution in [0.25, 0.3) is 223 Å². The summed E-state index contributed by atoms with van der Waals surface area (Å²) in [6.45, 7) is 9.43. The van der Waals surface area contributed by atoms with Crippen molar-refractivity contribution in [2.75, 3.05) is 0 Å². The number of nitrogens with zero attached hydrogens (tertiary/aromatic N) is 10. The van der Waals surface area contributed by atoms with E-state index in [4.69, 9.17) is 29.9 Å². The van der Waals surface area contributed by atoms with Gasteiger partial charge in [-0.3, -0.25) is 0 Å². The van der Waals surface area contributed by atoms with Crippen molar-refractivity contribution in [1.29, 1.82) is 0 Å². The van der Waals surface area contributed by atoms with Gasteiger partial charge in [0.15, 0.2) is 34.9 Å². The van der Waals surface area contributed by atoms with Crippen LogP contribution in [0.5, 0.6) is 0 Å². The minimum absolute atomic E-state index is 0.364. The summed E-state index contributed by atoms with van der Waals surface area (Å²) in [5.41, 5.74) is 32.8. The normalized spacial score (nSPS) is 13.1. The SMILES string of the molecule is CC1(C)c2cc(-c3cccc(-c4ccc5c(c4)C(C)(C)c4cc(-c6nc(-c7ccc(-n8c9ccccc9c9ccccc98)cc7)nc(-c7ccc(-n8c9ccccc9c9ccccc98)cc7)n6)ccc4-5)c3)ccc2-c2ccc(-c3nc(-c4ccc(-n5c6ccccc6c6ccccc65)cc4)nc(-c4ccc(-n5c6ccccc6c6ccccc65)cc4)n3)cc21. The summed E-state index contributed by atoms with van der Waals surface area (Å²) in [7, 11) is 0. The molecule has 6 aromatic heterocycles. The van der Waals surface area contributed by atoms with E-state index in [1.54, 1.807) is 0 Å². The lowest BCUT2D eigenvalue weighted by molar-refractivity contribution is 0.660. The zero-order valence-electron chi connectivity index (χ0n) is 68.4. The maximum Gasteiger partial charge on any atom is 0.164 e. The second kappa shape index (κ2) is 27.2. The number of hydrogen-bond donors (Lipinski definition) is 0. The van der Waals surface area contributed by atoms with Gasteiger partial charge in [-0.05, 0) is 243 Å². The summed E-state index contributed by atoms with van der Waals surface area (Å²) in [4.78, 5) is 32.3. The van der Waals surface area contributed by atoms with Crippen molar-refractivity contribution in [3.63, 3.8) is 0 Å². The lowest BCUT2D eigenvalue weighted by Gasteiger charge is -2.23. The molecule has 0 saturated carbocycles. The highest BCUT2D eigenvalue weighted by molar-refractivity contribution is 6.13. The van der Waals surface area contributed by atoms with Gasteiger partial charge in [0.05, 0.1) is 44.1 Å². The summed E-state index contributed by atoms with van der Waals surface area (Å²) in [5, 5.41) is 9.78. The van der Waals surface area contributed by atoms with Gasteiger partial charge in [-0.15, -0.1) is 0 Å². The molecule has 25 rings (SSSR count). The van der Waals surface area contributed by atoms with Crippen molar-refractivity contribution in [3.05, 3.63) is 411 Å². The first-order chi connectivity index (χ1) is 60.9. The molecule has 10 heteroatoms. The van der Waals surface area contributed by atoms with Crippen LogP contribution in [0.4, 0.5) is 0 Å². The summed E-state index contributed by atoms with van der Waals surface area (Å²) < 4.78 is 9.38. The monoisotopic (exact) mass is 1580 g/mol. The van der Waals surface area contributed by atoms with Crippen LogP contribution in [-0.2, 0) is 10.8 Å². The second-order valence-electron chi connectivity index (χ2n) is 34.2. The molecule has 0 bridgehead atoms. The Morgan fingerprint density at radius 1 is 0.161 bits per heavy atom. The van der Waals surface area contributed by atoms with E-state index in [1.807, 2.05) is 0 Å². The molecular formula is C114H76N10. The number of fused-ring (bicyclic) bond motifs is 18. The molecule has 582 valence electrons. The highest BCUT2D eigenvalue weighted by Gasteiger charge is 2.39. The predicted molar refractivity (Wildman–Crippen MR) is 509 cm³/mol. The van der Waals surface area contributed by atoms with Crippen LogP contribution in [0.3, 0.4) is 0 Å². The van der Waals surface area contributed by atoms with Gasteiger partial charge in [-0.25, -0.2) is 29.9 Å². The van der Waals surface area contributed by atoms with Gasteiger partial charge < -0.3 is 18.3 Å². The lowest BCUT2D eigenvalue weighted by Crippen LogP contribution is -2.15. The van der Waals surface area contributed by atoms with Gasteiger partial charge in [0, 0.05) is 110 Å². The zero-order valence-corrected chi connectivity index (χ0v) is 68.4. The van der Waals surface area contributed by atoms with Crippen LogP contribution in [0.1, 0.15) is 49.9 Å². The smallest absolute Gasteiger partial charge is 0.164 e. The van der Waals surface area contributed by atoms with Crippen LogP contribution < -0.4 is 0 Å². The third-order valence-electron chi connectivity index (χ3n) is 26.5. The predicted octanol–water partition coefficient (Wildman–Crippen LogP) is 28.4. The maximum absolute atomic E-state index is 5.40. The van der Waals surface area contributed by atoms with E-state index in [9.17, 15) is 0 Å². The standard InChI is InChI=1S/C114H76N10/c1-113(2)95-65-75(48-60-83(95)85-62-50-77(67-97(85)113)111-117-107(69-40-52-79(53-41-69)121-99-32-13-5-24-87(99)88-25-6-14-33-100(88)121)115-108(118-111)70-42-54-80(55-43-70)122-101-34-15-7-26-89(101)90-27-8-16-35-102(90)122)73-22-21-23-74(64-73)76-49-61-84-86-63-51-78(68-98(86)114(3,4)96(84)66-76)112-119-109(71-44-56-81(57-45-71)123-103-36-17-9-28-91(103)92-29-10-18-37-104(92)123)116-110(120-112)72-46-58-82(59-47-72)124-105-38-19-11-30-93(105)94-31-12-20-39-106(94)124/h5-68H,1-4H3. The molecule has 0 aliphatic heterocycles. The number of hydrogen-bond acceptors (Lipinski definition) is 6. The summed E-state index contributed by atoms with van der Waals surface area (Å²) >= 11 is 0. The van der Waals surface area contributed by atoms with E-state index in [-0.39, 0.29) is 10.8 Å². The molecule has 23 aromatic rings. The van der Waals surface area contributed by atoms with E-state index < -0.39 is 0 Å². The first-order valence-electron chi connectivity index (χ1n) is 42.5. The minimum Gasteiger partial charge on any atom is -0.309 e. The van der Waals surface area contributed by atoms with Gasteiger partial charge in [-0.2, -0.15) is 0 Å². The number of rotatable bonds is 12. The van der Waals surface area contributed by atoms with Crippen molar-refractivity contribution < 1.29 is 0 Å². The fourth-order valence-electron chi connectivity index (χ4n) is 20.4. The molecule has 0 saturated heterocycles. The molecule has 124 heavy (non-hydrogen) atoms. The Labute approximate surface area is 715 Å². The van der Waals surface area contributed by atoms with Crippen LogP contribution in [0, 0.1) is 0 Å². The van der Waals surface area contributed by atoms with Crippen LogP contribution in [0.2, 0.25) is 0 Å². The Balaban J connectivity index is 0.528. The number of benzene rings is 17. The molecule has 6 heterocycles. The summed E-state index contributed by atoms with van der Waals surface area (Å²) in [5.74, 6) is 3.63. The molecule has 2 aliphatic rings. The van der Waals surface area contributed by atoms with E-state index in [0.29, 0.717) is 34.9 Å². The number of para-hydroxylation sites is 8. The minimum atomic E-state index is -0.364. The third kappa shape index (κ3) is 11.0. The molecule has 0 unspecified atom stereocenters. The quantitative estimate of drug-likeness (QED) is 0.121. The topological polar surface area (TPSA) is 97.1 Å². The molecule has 0 radical (unpaired) electrons. The number of aromatic nitrogens is 10. The molecular weight excluding hydrogens is 1510 g/mol. The van der Waals surface area contributed by atoms with Crippen molar-refractivity contribution in [2.45, 2.75) is 38.5 Å². The lowest BCUT2D eigenvalue weighted by atomic mass is 9.80. The van der Waals surface area contributed by atoms with Crippen LogP contribution >= 0.6 is 0 Å². The average Bonchev–Trinajstić information content (AvgIpc) is 1.57. The molecule has 0 fully saturated rings. The maximum atomic E-state index is 5.40. The highest BCUT2D eigenvalue weighted by Crippen LogP contribution is 2.54. The Hall–Kier alpha value is -16.0. The van der Waals surface area contributed by atoms with Crippen LogP contribution in [0.15, 0.2) is 388 Å². The Morgan fingerprint density at radius 2 is 0.339 bits per heavy atom. The van der Waals surface area contributed by atoms with Crippen LogP contribution in [-0.4, -0.2) is 48.2 Å². The summed E-state index contributed by atoms with van der Waals surface area (Å²) in [6.07, 6.45) is 0. The largest absolute Gasteiger partial charge is 0.309 e. The van der Waals surface area contributed by atoms with E-state index in [2.05, 4.69) is 434 Å². The van der Waals surface area contributed by atoms with Crippen molar-refractivity contribution in [3.8, 4) is 136 Å². The van der Waals surface area contributed by atoms with Gasteiger partial charge >= 0.3 is 0 Å². The molecule has 0 N–H and O–H groups in total. The molecule has 0 atom stereocenters. The Morgan fingerprint density at radius 3 is 0.565 bits per heavy atom. The van der Waals surface area contributed by atoms with E-state index >= 15 is 0 Å². The molecule has 0 amide bonds. The third-order valence-corrected chi connectivity index (χ3v) is 26.5. The Bertz CT molecular complexity index is 7350. The molecule has 10 nitrogen and oxygen atoms in total. The van der Waals surface area contributed by atoms with Crippen molar-refractivity contribution in [2.24, 2.45) is 0 Å². The van der Waals surface area contributed by atoms with Gasteiger partial charge in [0.25, 0.3) is 0 Å².